The van der Waals surface area contributed by atoms with Crippen molar-refractivity contribution in [1.82, 2.24) is 19.9 Å². The SMILES string of the molecule is Cc1cc(C)n2nc(C)c(C(=O)NCCO[C@H]3CCCC[C@@H]3C)c2n1. The molecule has 6 heteroatoms. The van der Waals surface area contributed by atoms with Gasteiger partial charge in [-0.05, 0) is 45.6 Å². The summed E-state index contributed by atoms with van der Waals surface area (Å²) in [7, 11) is 0. The van der Waals surface area contributed by atoms with Crippen molar-refractivity contribution >= 4 is 11.6 Å². The minimum absolute atomic E-state index is 0.134. The van der Waals surface area contributed by atoms with Crippen molar-refractivity contribution < 1.29 is 9.53 Å². The molecule has 3 rings (SSSR count). The van der Waals surface area contributed by atoms with E-state index in [4.69, 9.17) is 4.74 Å². The summed E-state index contributed by atoms with van der Waals surface area (Å²) in [4.78, 5) is 17.1. The summed E-state index contributed by atoms with van der Waals surface area (Å²) >= 11 is 0. The Kier molecular flexibility index (Phi) is 5.37. The summed E-state index contributed by atoms with van der Waals surface area (Å²) in [5.41, 5.74) is 3.72. The van der Waals surface area contributed by atoms with Crippen LogP contribution in [-0.2, 0) is 4.74 Å². The standard InChI is InChI=1S/C19H28N4O2/c1-12-7-5-6-8-16(12)25-10-9-20-19(24)17-15(4)22-23-14(3)11-13(2)21-18(17)23/h11-12,16H,5-10H2,1-4H3,(H,20,24)/t12-,16-/m0/s1. The molecule has 0 aliphatic heterocycles. The molecule has 25 heavy (non-hydrogen) atoms. The maximum Gasteiger partial charge on any atom is 0.257 e. The van der Waals surface area contributed by atoms with E-state index in [2.05, 4.69) is 22.3 Å². The van der Waals surface area contributed by atoms with Gasteiger partial charge in [0.15, 0.2) is 5.65 Å². The number of aromatic nitrogens is 3. The Morgan fingerprint density at radius 2 is 2.08 bits per heavy atom. The van der Waals surface area contributed by atoms with Gasteiger partial charge in [0, 0.05) is 17.9 Å². The Morgan fingerprint density at radius 1 is 1.32 bits per heavy atom. The van der Waals surface area contributed by atoms with Gasteiger partial charge in [-0.2, -0.15) is 5.10 Å². The molecule has 2 heterocycles. The molecular weight excluding hydrogens is 316 g/mol. The summed E-state index contributed by atoms with van der Waals surface area (Å²) in [6, 6.07) is 1.96. The first kappa shape index (κ1) is 17.9. The van der Waals surface area contributed by atoms with Gasteiger partial charge in [-0.15, -0.1) is 0 Å². The van der Waals surface area contributed by atoms with E-state index in [0.29, 0.717) is 42.1 Å². The first-order chi connectivity index (χ1) is 12.0. The van der Waals surface area contributed by atoms with E-state index in [1.807, 2.05) is 26.8 Å². The first-order valence-corrected chi connectivity index (χ1v) is 9.20. The fraction of sp³-hybridized carbons (Fsp3) is 0.632. The van der Waals surface area contributed by atoms with Crippen LogP contribution in [0.3, 0.4) is 0 Å². The number of nitrogens with one attached hydrogen (secondary N) is 1. The van der Waals surface area contributed by atoms with E-state index in [1.165, 1.54) is 19.3 Å². The van der Waals surface area contributed by atoms with Crippen LogP contribution in [0.4, 0.5) is 0 Å². The molecule has 1 fully saturated rings. The van der Waals surface area contributed by atoms with Crippen molar-refractivity contribution in [1.29, 1.82) is 0 Å². The van der Waals surface area contributed by atoms with Gasteiger partial charge < -0.3 is 10.1 Å². The Bertz CT molecular complexity index is 768. The van der Waals surface area contributed by atoms with E-state index in [0.717, 1.165) is 17.8 Å². The highest BCUT2D eigenvalue weighted by molar-refractivity contribution is 6.01. The largest absolute Gasteiger partial charge is 0.376 e. The van der Waals surface area contributed by atoms with E-state index >= 15 is 0 Å². The highest BCUT2D eigenvalue weighted by Crippen LogP contribution is 2.26. The molecule has 0 radical (unpaired) electrons. The Balaban J connectivity index is 1.62. The summed E-state index contributed by atoms with van der Waals surface area (Å²) in [6.45, 7) is 9.04. The third-order valence-corrected chi connectivity index (χ3v) is 5.05. The number of nitrogens with zero attached hydrogens (tertiary/aromatic N) is 3. The third kappa shape index (κ3) is 3.84. The van der Waals surface area contributed by atoms with Crippen LogP contribution in [0.2, 0.25) is 0 Å². The lowest BCUT2D eigenvalue weighted by atomic mass is 9.88. The number of fused-ring (bicyclic) bond motifs is 1. The van der Waals surface area contributed by atoms with Crippen LogP contribution in [-0.4, -0.2) is 39.8 Å². The maximum atomic E-state index is 12.6. The molecule has 1 amide bonds. The molecule has 0 aromatic carbocycles. The van der Waals surface area contributed by atoms with Crippen LogP contribution in [0.1, 0.15) is 60.0 Å². The van der Waals surface area contributed by atoms with Crippen LogP contribution in [0.25, 0.3) is 5.65 Å². The van der Waals surface area contributed by atoms with E-state index in [-0.39, 0.29) is 5.91 Å². The zero-order valence-corrected chi connectivity index (χ0v) is 15.6. The van der Waals surface area contributed by atoms with Crippen molar-refractivity contribution in [2.75, 3.05) is 13.2 Å². The second-order valence-electron chi connectivity index (χ2n) is 7.16. The number of ether oxygens (including phenoxy) is 1. The molecule has 1 aliphatic rings. The number of hydrogen-bond donors (Lipinski definition) is 1. The highest BCUT2D eigenvalue weighted by Gasteiger charge is 2.22. The van der Waals surface area contributed by atoms with Gasteiger partial charge in [0.1, 0.15) is 5.56 Å². The molecule has 2 aromatic rings. The second-order valence-corrected chi connectivity index (χ2v) is 7.16. The molecule has 1 saturated carbocycles. The number of carbonyl (C=O) groups is 1. The van der Waals surface area contributed by atoms with Crippen molar-refractivity contribution in [3.63, 3.8) is 0 Å². The van der Waals surface area contributed by atoms with Gasteiger partial charge in [-0.1, -0.05) is 19.8 Å². The summed E-state index contributed by atoms with van der Waals surface area (Å²) in [5.74, 6) is 0.478. The molecule has 0 saturated heterocycles. The summed E-state index contributed by atoms with van der Waals surface area (Å²) < 4.78 is 7.70. The van der Waals surface area contributed by atoms with E-state index in [1.54, 1.807) is 4.52 Å². The zero-order valence-electron chi connectivity index (χ0n) is 15.6. The minimum Gasteiger partial charge on any atom is -0.376 e. The summed E-state index contributed by atoms with van der Waals surface area (Å²) in [6.07, 6.45) is 5.25. The van der Waals surface area contributed by atoms with Crippen LogP contribution in [0, 0.1) is 26.7 Å². The Morgan fingerprint density at radius 3 is 2.84 bits per heavy atom. The average Bonchev–Trinajstić information content (AvgIpc) is 2.89. The van der Waals surface area contributed by atoms with Gasteiger partial charge >= 0.3 is 0 Å². The molecule has 0 spiro atoms. The lowest BCUT2D eigenvalue weighted by Crippen LogP contribution is -2.32. The molecular formula is C19H28N4O2. The smallest absolute Gasteiger partial charge is 0.257 e. The van der Waals surface area contributed by atoms with Gasteiger partial charge in [-0.25, -0.2) is 9.50 Å². The van der Waals surface area contributed by atoms with Crippen LogP contribution in [0.5, 0.6) is 0 Å². The lowest BCUT2D eigenvalue weighted by Gasteiger charge is -2.28. The Hall–Kier alpha value is -1.95. The maximum absolute atomic E-state index is 12.6. The second kappa shape index (κ2) is 7.52. The number of amides is 1. The fourth-order valence-electron chi connectivity index (χ4n) is 3.69. The third-order valence-electron chi connectivity index (χ3n) is 5.05. The van der Waals surface area contributed by atoms with Crippen LogP contribution in [0.15, 0.2) is 6.07 Å². The molecule has 0 bridgehead atoms. The quantitative estimate of drug-likeness (QED) is 0.847. The first-order valence-electron chi connectivity index (χ1n) is 9.20. The topological polar surface area (TPSA) is 68.5 Å². The highest BCUT2D eigenvalue weighted by atomic mass is 16.5. The zero-order chi connectivity index (χ0) is 18.0. The normalized spacial score (nSPS) is 20.8. The predicted octanol–water partition coefficient (Wildman–Crippen LogP) is 2.98. The molecule has 0 unspecified atom stereocenters. The molecule has 6 nitrogen and oxygen atoms in total. The monoisotopic (exact) mass is 344 g/mol. The average molecular weight is 344 g/mol. The van der Waals surface area contributed by atoms with Gasteiger partial charge in [0.25, 0.3) is 5.91 Å². The molecule has 1 N–H and O–H groups in total. The number of carbonyl (C=O) groups excluding carboxylic acids is 1. The van der Waals surface area contributed by atoms with E-state index < -0.39 is 0 Å². The van der Waals surface area contributed by atoms with E-state index in [9.17, 15) is 4.79 Å². The minimum atomic E-state index is -0.134. The van der Waals surface area contributed by atoms with Crippen molar-refractivity contribution in [2.45, 2.75) is 59.5 Å². The molecule has 2 atom stereocenters. The summed E-state index contributed by atoms with van der Waals surface area (Å²) in [5, 5.41) is 7.40. The predicted molar refractivity (Wildman–Crippen MR) is 96.9 cm³/mol. The van der Waals surface area contributed by atoms with Crippen LogP contribution < -0.4 is 5.32 Å². The van der Waals surface area contributed by atoms with Gasteiger partial charge in [0.05, 0.1) is 18.4 Å². The molecule has 2 aromatic heterocycles. The van der Waals surface area contributed by atoms with Crippen LogP contribution >= 0.6 is 0 Å². The Labute approximate surface area is 149 Å². The molecule has 136 valence electrons. The van der Waals surface area contributed by atoms with Crippen molar-refractivity contribution in [3.8, 4) is 0 Å². The van der Waals surface area contributed by atoms with Crippen molar-refractivity contribution in [3.05, 3.63) is 28.7 Å². The van der Waals surface area contributed by atoms with Crippen molar-refractivity contribution in [2.24, 2.45) is 5.92 Å². The van der Waals surface area contributed by atoms with Gasteiger partial charge in [0.2, 0.25) is 0 Å². The fourth-order valence-corrected chi connectivity index (χ4v) is 3.69. The number of rotatable bonds is 5. The number of aryl methyl sites for hydroxylation is 3. The lowest BCUT2D eigenvalue weighted by molar-refractivity contribution is -0.00293. The molecule has 1 aliphatic carbocycles. The van der Waals surface area contributed by atoms with Gasteiger partial charge in [-0.3, -0.25) is 4.79 Å². The number of hydrogen-bond acceptors (Lipinski definition) is 4.